The van der Waals surface area contributed by atoms with Gasteiger partial charge >= 0.3 is 0 Å². The Balaban J connectivity index is 2.66. The van der Waals surface area contributed by atoms with E-state index in [1.165, 1.54) is 4.68 Å². The Morgan fingerprint density at radius 3 is 2.93 bits per heavy atom. The SMILES string of the molecule is N#Cc1nn(CC(N)=O)c2ccccc12. The molecule has 74 valence electrons. The van der Waals surface area contributed by atoms with Gasteiger partial charge in [-0.1, -0.05) is 12.1 Å². The van der Waals surface area contributed by atoms with Crippen molar-refractivity contribution in [2.45, 2.75) is 6.54 Å². The number of primary amides is 1. The number of carbonyl (C=O) groups excluding carboxylic acids is 1. The highest BCUT2D eigenvalue weighted by Gasteiger charge is 2.10. The lowest BCUT2D eigenvalue weighted by molar-refractivity contribution is -0.118. The van der Waals surface area contributed by atoms with Crippen LogP contribution in [-0.2, 0) is 11.3 Å². The minimum Gasteiger partial charge on any atom is -0.368 e. The number of fused-ring (bicyclic) bond motifs is 1. The normalized spacial score (nSPS) is 10.1. The maximum absolute atomic E-state index is 10.8. The summed E-state index contributed by atoms with van der Waals surface area (Å²) >= 11 is 0. The van der Waals surface area contributed by atoms with E-state index in [2.05, 4.69) is 5.10 Å². The maximum Gasteiger partial charge on any atom is 0.239 e. The summed E-state index contributed by atoms with van der Waals surface area (Å²) in [5.74, 6) is -0.479. The van der Waals surface area contributed by atoms with E-state index in [1.54, 1.807) is 12.1 Å². The van der Waals surface area contributed by atoms with Crippen LogP contribution >= 0.6 is 0 Å². The molecule has 0 aliphatic rings. The third-order valence-corrected chi connectivity index (χ3v) is 2.07. The minimum atomic E-state index is -0.479. The van der Waals surface area contributed by atoms with Crippen molar-refractivity contribution in [3.05, 3.63) is 30.0 Å². The average molecular weight is 200 g/mol. The van der Waals surface area contributed by atoms with Crippen molar-refractivity contribution >= 4 is 16.8 Å². The van der Waals surface area contributed by atoms with Crippen LogP contribution in [0.4, 0.5) is 0 Å². The first-order valence-electron chi connectivity index (χ1n) is 4.36. The van der Waals surface area contributed by atoms with E-state index < -0.39 is 5.91 Å². The number of amides is 1. The van der Waals surface area contributed by atoms with Crippen LogP contribution in [-0.4, -0.2) is 15.7 Å². The van der Waals surface area contributed by atoms with Crippen LogP contribution < -0.4 is 5.73 Å². The second-order valence-corrected chi connectivity index (χ2v) is 3.10. The fourth-order valence-electron chi connectivity index (χ4n) is 1.48. The van der Waals surface area contributed by atoms with Gasteiger partial charge in [0.15, 0.2) is 5.69 Å². The smallest absolute Gasteiger partial charge is 0.239 e. The third kappa shape index (κ3) is 1.53. The molecule has 1 aromatic heterocycles. The molecule has 0 radical (unpaired) electrons. The summed E-state index contributed by atoms with van der Waals surface area (Å²) in [6.45, 7) is -0.0117. The maximum atomic E-state index is 10.8. The van der Waals surface area contributed by atoms with E-state index in [1.807, 2.05) is 18.2 Å². The average Bonchev–Trinajstić information content (AvgIpc) is 2.56. The number of rotatable bonds is 2. The summed E-state index contributed by atoms with van der Waals surface area (Å²) in [6, 6.07) is 9.21. The Labute approximate surface area is 85.7 Å². The van der Waals surface area contributed by atoms with E-state index >= 15 is 0 Å². The molecule has 0 saturated heterocycles. The van der Waals surface area contributed by atoms with Gasteiger partial charge < -0.3 is 5.73 Å². The molecule has 0 aliphatic carbocycles. The van der Waals surface area contributed by atoms with Gasteiger partial charge in [0, 0.05) is 5.39 Å². The number of carbonyl (C=O) groups is 1. The van der Waals surface area contributed by atoms with Crippen molar-refractivity contribution < 1.29 is 4.79 Å². The number of benzene rings is 1. The van der Waals surface area contributed by atoms with Gasteiger partial charge in [-0.15, -0.1) is 0 Å². The first kappa shape index (κ1) is 9.21. The zero-order valence-electron chi connectivity index (χ0n) is 7.84. The van der Waals surface area contributed by atoms with Crippen molar-refractivity contribution in [1.29, 1.82) is 5.26 Å². The molecule has 15 heavy (non-hydrogen) atoms. The third-order valence-electron chi connectivity index (χ3n) is 2.07. The first-order valence-corrected chi connectivity index (χ1v) is 4.36. The minimum absolute atomic E-state index is 0.0117. The quantitative estimate of drug-likeness (QED) is 0.761. The van der Waals surface area contributed by atoms with Gasteiger partial charge in [0.05, 0.1) is 5.52 Å². The van der Waals surface area contributed by atoms with E-state index in [0.29, 0.717) is 5.69 Å². The van der Waals surface area contributed by atoms with Crippen molar-refractivity contribution in [1.82, 2.24) is 9.78 Å². The van der Waals surface area contributed by atoms with Crippen molar-refractivity contribution in [2.24, 2.45) is 5.73 Å². The monoisotopic (exact) mass is 200 g/mol. The summed E-state index contributed by atoms with van der Waals surface area (Å²) in [5, 5.41) is 13.6. The Morgan fingerprint density at radius 1 is 1.53 bits per heavy atom. The number of hydrogen-bond acceptors (Lipinski definition) is 3. The van der Waals surface area contributed by atoms with Crippen LogP contribution in [0, 0.1) is 11.3 Å². The molecule has 1 heterocycles. The van der Waals surface area contributed by atoms with Gasteiger partial charge in [-0.25, -0.2) is 0 Å². The fourth-order valence-corrected chi connectivity index (χ4v) is 1.48. The van der Waals surface area contributed by atoms with Crippen LogP contribution in [0.1, 0.15) is 5.69 Å². The largest absolute Gasteiger partial charge is 0.368 e. The molecule has 0 atom stereocenters. The summed E-state index contributed by atoms with van der Waals surface area (Å²) in [5.41, 5.74) is 6.14. The van der Waals surface area contributed by atoms with Crippen LogP contribution in [0.25, 0.3) is 10.9 Å². The summed E-state index contributed by atoms with van der Waals surface area (Å²) in [4.78, 5) is 10.8. The summed E-state index contributed by atoms with van der Waals surface area (Å²) < 4.78 is 1.44. The molecule has 2 N–H and O–H groups in total. The van der Waals surface area contributed by atoms with Gasteiger partial charge in [0.1, 0.15) is 12.6 Å². The molecular weight excluding hydrogens is 192 g/mol. The highest BCUT2D eigenvalue weighted by molar-refractivity contribution is 5.85. The number of hydrogen-bond donors (Lipinski definition) is 1. The summed E-state index contributed by atoms with van der Waals surface area (Å²) in [6.07, 6.45) is 0. The Morgan fingerprint density at radius 2 is 2.27 bits per heavy atom. The van der Waals surface area contributed by atoms with E-state index in [0.717, 1.165) is 10.9 Å². The van der Waals surface area contributed by atoms with Gasteiger partial charge in [-0.05, 0) is 12.1 Å². The molecule has 5 heteroatoms. The zero-order chi connectivity index (χ0) is 10.8. The van der Waals surface area contributed by atoms with Crippen molar-refractivity contribution in [2.75, 3.05) is 0 Å². The number of nitriles is 1. The van der Waals surface area contributed by atoms with Gasteiger partial charge in [-0.3, -0.25) is 9.48 Å². The molecule has 2 aromatic rings. The topological polar surface area (TPSA) is 84.7 Å². The van der Waals surface area contributed by atoms with Gasteiger partial charge in [0.25, 0.3) is 0 Å². The number of aromatic nitrogens is 2. The molecule has 0 spiro atoms. The molecule has 0 unspecified atom stereocenters. The summed E-state index contributed by atoms with van der Waals surface area (Å²) in [7, 11) is 0. The van der Waals surface area contributed by atoms with E-state index in [9.17, 15) is 4.79 Å². The van der Waals surface area contributed by atoms with E-state index in [-0.39, 0.29) is 6.54 Å². The lowest BCUT2D eigenvalue weighted by atomic mass is 10.2. The Kier molecular flexibility index (Phi) is 2.10. The van der Waals surface area contributed by atoms with Crippen LogP contribution in [0.5, 0.6) is 0 Å². The predicted molar refractivity (Wildman–Crippen MR) is 53.6 cm³/mol. The number of para-hydroxylation sites is 1. The first-order chi connectivity index (χ1) is 7.22. The Bertz CT molecular complexity index is 564. The molecular formula is C10H8N4O. The second-order valence-electron chi connectivity index (χ2n) is 3.10. The standard InChI is InChI=1S/C10H8N4O/c11-5-8-7-3-1-2-4-9(7)14(13-8)6-10(12)15/h1-4H,6H2,(H2,12,15). The lowest BCUT2D eigenvalue weighted by Crippen LogP contribution is -2.19. The van der Waals surface area contributed by atoms with Crippen LogP contribution in [0.15, 0.2) is 24.3 Å². The molecule has 1 amide bonds. The fraction of sp³-hybridized carbons (Fsp3) is 0.100. The molecule has 0 saturated carbocycles. The molecule has 1 aromatic carbocycles. The molecule has 5 nitrogen and oxygen atoms in total. The predicted octanol–water partition coefficient (Wildman–Crippen LogP) is 0.393. The molecule has 0 aliphatic heterocycles. The number of nitrogens with two attached hydrogens (primary N) is 1. The van der Waals surface area contributed by atoms with Crippen molar-refractivity contribution in [3.63, 3.8) is 0 Å². The zero-order valence-corrected chi connectivity index (χ0v) is 7.84. The highest BCUT2D eigenvalue weighted by atomic mass is 16.1. The van der Waals surface area contributed by atoms with E-state index in [4.69, 9.17) is 11.0 Å². The highest BCUT2D eigenvalue weighted by Crippen LogP contribution is 2.17. The van der Waals surface area contributed by atoms with Crippen molar-refractivity contribution in [3.8, 4) is 6.07 Å². The molecule has 2 rings (SSSR count). The lowest BCUT2D eigenvalue weighted by Gasteiger charge is -1.97. The molecule has 0 bridgehead atoms. The van der Waals surface area contributed by atoms with Crippen LogP contribution in [0.2, 0.25) is 0 Å². The number of nitrogens with zero attached hydrogens (tertiary/aromatic N) is 3. The molecule has 0 fully saturated rings. The van der Waals surface area contributed by atoms with Gasteiger partial charge in [0.2, 0.25) is 5.91 Å². The Hall–Kier alpha value is -2.35. The van der Waals surface area contributed by atoms with Crippen LogP contribution in [0.3, 0.4) is 0 Å². The van der Waals surface area contributed by atoms with Gasteiger partial charge in [-0.2, -0.15) is 10.4 Å². The second kappa shape index (κ2) is 3.42.